The van der Waals surface area contributed by atoms with Crippen LogP contribution in [0.1, 0.15) is 42.6 Å². The molecule has 0 bridgehead atoms. The number of unbranched alkanes of at least 4 members (excludes halogenated alkanes) is 1. The average Bonchev–Trinajstić information content (AvgIpc) is 2.67. The Hall–Kier alpha value is -2.73. The minimum absolute atomic E-state index is 0.230. The zero-order valence-electron chi connectivity index (χ0n) is 16.3. The van der Waals surface area contributed by atoms with E-state index in [0.29, 0.717) is 35.3 Å². The number of methoxy groups -OCH3 is 1. The fourth-order valence-electron chi connectivity index (χ4n) is 2.57. The van der Waals surface area contributed by atoms with Gasteiger partial charge in [0.1, 0.15) is 11.3 Å². The summed E-state index contributed by atoms with van der Waals surface area (Å²) in [5.41, 5.74) is 2.26. The molecule has 28 heavy (non-hydrogen) atoms. The van der Waals surface area contributed by atoms with E-state index in [1.807, 2.05) is 18.2 Å². The minimum atomic E-state index is -0.512. The summed E-state index contributed by atoms with van der Waals surface area (Å²) in [5.74, 6) is -0.375. The van der Waals surface area contributed by atoms with Crippen LogP contribution in [-0.4, -0.2) is 25.6 Å². The summed E-state index contributed by atoms with van der Waals surface area (Å²) in [6.45, 7) is 4.36. The fraction of sp³-hybridized carbons (Fsp3) is 0.333. The van der Waals surface area contributed by atoms with Crippen molar-refractivity contribution in [2.24, 2.45) is 0 Å². The molecule has 2 aromatic carbocycles. The van der Waals surface area contributed by atoms with Crippen molar-refractivity contribution < 1.29 is 19.1 Å². The van der Waals surface area contributed by atoms with Gasteiger partial charge in [-0.2, -0.15) is 0 Å². The van der Waals surface area contributed by atoms with Gasteiger partial charge in [0.25, 0.3) is 0 Å². The lowest BCUT2D eigenvalue weighted by molar-refractivity contribution is -0.114. The smallest absolute Gasteiger partial charge is 0.341 e. The molecule has 0 aliphatic carbocycles. The molecule has 0 saturated heterocycles. The van der Waals surface area contributed by atoms with Crippen LogP contribution in [0.15, 0.2) is 36.4 Å². The molecule has 0 aromatic heterocycles. The Morgan fingerprint density at radius 2 is 1.89 bits per heavy atom. The molecule has 6 nitrogen and oxygen atoms in total. The second kappa shape index (κ2) is 10.6. The Balaban J connectivity index is 2.38. The first kappa shape index (κ1) is 21.6. The van der Waals surface area contributed by atoms with Gasteiger partial charge in [0, 0.05) is 24.6 Å². The summed E-state index contributed by atoms with van der Waals surface area (Å²) in [6, 6.07) is 10.7. The van der Waals surface area contributed by atoms with Crippen LogP contribution in [-0.2, 0) is 16.1 Å². The van der Waals surface area contributed by atoms with Crippen molar-refractivity contribution in [3.8, 4) is 5.75 Å². The molecule has 0 aliphatic heterocycles. The number of halogens is 1. The summed E-state index contributed by atoms with van der Waals surface area (Å²) >= 11 is 6.21. The third-order valence-electron chi connectivity index (χ3n) is 4.02. The molecular formula is C21H25ClN2O4. The van der Waals surface area contributed by atoms with E-state index in [4.69, 9.17) is 21.1 Å². The van der Waals surface area contributed by atoms with Crippen LogP contribution in [0.25, 0.3) is 0 Å². The monoisotopic (exact) mass is 404 g/mol. The zero-order valence-corrected chi connectivity index (χ0v) is 17.1. The summed E-state index contributed by atoms with van der Waals surface area (Å²) in [6.07, 6.45) is 1.81. The maximum absolute atomic E-state index is 12.2. The first-order chi connectivity index (χ1) is 13.5. The summed E-state index contributed by atoms with van der Waals surface area (Å²) in [4.78, 5) is 23.9. The molecule has 0 aliphatic rings. The van der Waals surface area contributed by atoms with E-state index >= 15 is 0 Å². The lowest BCUT2D eigenvalue weighted by atomic mass is 10.1. The number of carbonyl (C=O) groups excluding carboxylic acids is 2. The number of anilines is 2. The molecule has 0 heterocycles. The lowest BCUT2D eigenvalue weighted by Gasteiger charge is -2.18. The zero-order chi connectivity index (χ0) is 20.5. The van der Waals surface area contributed by atoms with Crippen molar-refractivity contribution >= 4 is 34.9 Å². The van der Waals surface area contributed by atoms with Crippen LogP contribution in [0, 0.1) is 0 Å². The average molecular weight is 405 g/mol. The Kier molecular flexibility index (Phi) is 8.14. The second-order valence-corrected chi connectivity index (χ2v) is 6.62. The number of hydrogen-bond acceptors (Lipinski definition) is 5. The highest BCUT2D eigenvalue weighted by Crippen LogP contribution is 2.33. The molecule has 7 heteroatoms. The predicted molar refractivity (Wildman–Crippen MR) is 111 cm³/mol. The lowest BCUT2D eigenvalue weighted by Crippen LogP contribution is -2.13. The molecule has 0 saturated carbocycles. The van der Waals surface area contributed by atoms with Crippen LogP contribution >= 0.6 is 11.6 Å². The number of ether oxygens (including phenoxy) is 2. The van der Waals surface area contributed by atoms with Crippen LogP contribution in [0.4, 0.5) is 11.4 Å². The molecule has 0 fully saturated rings. The molecule has 0 atom stereocenters. The van der Waals surface area contributed by atoms with E-state index < -0.39 is 5.97 Å². The van der Waals surface area contributed by atoms with E-state index in [1.165, 1.54) is 14.0 Å². The summed E-state index contributed by atoms with van der Waals surface area (Å²) in [7, 11) is 1.32. The van der Waals surface area contributed by atoms with Gasteiger partial charge in [0.15, 0.2) is 0 Å². The van der Waals surface area contributed by atoms with E-state index in [0.717, 1.165) is 18.4 Å². The number of amides is 1. The van der Waals surface area contributed by atoms with Crippen molar-refractivity contribution in [2.75, 3.05) is 24.4 Å². The molecule has 0 radical (unpaired) electrons. The number of carbonyl (C=O) groups is 2. The van der Waals surface area contributed by atoms with E-state index in [9.17, 15) is 9.59 Å². The van der Waals surface area contributed by atoms with E-state index in [-0.39, 0.29) is 11.5 Å². The number of hydrogen-bond donors (Lipinski definition) is 2. The van der Waals surface area contributed by atoms with Gasteiger partial charge >= 0.3 is 5.97 Å². The van der Waals surface area contributed by atoms with Gasteiger partial charge in [-0.3, -0.25) is 4.79 Å². The molecule has 150 valence electrons. The van der Waals surface area contributed by atoms with Gasteiger partial charge in [-0.15, -0.1) is 0 Å². The number of nitrogens with one attached hydrogen (secondary N) is 2. The van der Waals surface area contributed by atoms with Gasteiger partial charge in [-0.05, 0) is 24.1 Å². The summed E-state index contributed by atoms with van der Waals surface area (Å²) in [5, 5.41) is 6.63. The molecule has 2 N–H and O–H groups in total. The maximum Gasteiger partial charge on any atom is 0.341 e. The predicted octanol–water partition coefficient (Wildman–Crippen LogP) is 4.88. The van der Waals surface area contributed by atoms with Crippen molar-refractivity contribution in [1.82, 2.24) is 0 Å². The highest BCUT2D eigenvalue weighted by Gasteiger charge is 2.18. The Bertz CT molecular complexity index is 839. The Labute approximate surface area is 170 Å². The molecule has 0 spiro atoms. The third-order valence-corrected chi connectivity index (χ3v) is 4.39. The second-order valence-electron chi connectivity index (χ2n) is 6.21. The first-order valence-electron chi connectivity index (χ1n) is 9.10. The Morgan fingerprint density at radius 3 is 2.54 bits per heavy atom. The standard InChI is InChI=1S/C21H25ClN2O4/c1-4-5-10-28-20-12-19(24-14(2)25)18(11-16(20)21(26)27-3)23-13-15-8-6-7-9-17(15)22/h6-9,11-12,23H,4-5,10,13H2,1-3H3,(H,24,25). The number of benzene rings is 2. The third kappa shape index (κ3) is 5.89. The quantitative estimate of drug-likeness (QED) is 0.460. The summed E-state index contributed by atoms with van der Waals surface area (Å²) < 4.78 is 10.6. The van der Waals surface area contributed by atoms with Crippen LogP contribution in [0.2, 0.25) is 5.02 Å². The van der Waals surface area contributed by atoms with Crippen molar-refractivity contribution in [2.45, 2.75) is 33.2 Å². The SMILES string of the molecule is CCCCOc1cc(NC(C)=O)c(NCc2ccccc2Cl)cc1C(=O)OC. The molecule has 2 rings (SSSR count). The first-order valence-corrected chi connectivity index (χ1v) is 9.48. The van der Waals surface area contributed by atoms with Crippen LogP contribution in [0.3, 0.4) is 0 Å². The topological polar surface area (TPSA) is 76.7 Å². The van der Waals surface area contributed by atoms with Crippen molar-refractivity contribution in [3.05, 3.63) is 52.5 Å². The molecular weight excluding hydrogens is 380 g/mol. The number of rotatable bonds is 9. The van der Waals surface area contributed by atoms with Crippen molar-refractivity contribution in [3.63, 3.8) is 0 Å². The van der Waals surface area contributed by atoms with Gasteiger partial charge in [-0.25, -0.2) is 4.79 Å². The molecule has 0 unspecified atom stereocenters. The maximum atomic E-state index is 12.2. The van der Waals surface area contributed by atoms with Gasteiger partial charge < -0.3 is 20.1 Å². The number of esters is 1. The molecule has 2 aromatic rings. The van der Waals surface area contributed by atoms with Crippen LogP contribution < -0.4 is 15.4 Å². The van der Waals surface area contributed by atoms with Gasteiger partial charge in [0.2, 0.25) is 5.91 Å². The largest absolute Gasteiger partial charge is 0.493 e. The van der Waals surface area contributed by atoms with Crippen LogP contribution in [0.5, 0.6) is 5.75 Å². The van der Waals surface area contributed by atoms with E-state index in [1.54, 1.807) is 18.2 Å². The Morgan fingerprint density at radius 1 is 1.14 bits per heavy atom. The highest BCUT2D eigenvalue weighted by atomic mass is 35.5. The normalized spacial score (nSPS) is 10.3. The fourth-order valence-corrected chi connectivity index (χ4v) is 2.77. The minimum Gasteiger partial charge on any atom is -0.493 e. The van der Waals surface area contributed by atoms with Gasteiger partial charge in [0.05, 0.1) is 25.1 Å². The molecule has 1 amide bonds. The van der Waals surface area contributed by atoms with E-state index in [2.05, 4.69) is 17.6 Å². The van der Waals surface area contributed by atoms with Crippen molar-refractivity contribution in [1.29, 1.82) is 0 Å². The van der Waals surface area contributed by atoms with Gasteiger partial charge in [-0.1, -0.05) is 43.1 Å². The highest BCUT2D eigenvalue weighted by molar-refractivity contribution is 6.31.